The van der Waals surface area contributed by atoms with Crippen molar-refractivity contribution in [3.8, 4) is 5.75 Å². The van der Waals surface area contributed by atoms with E-state index in [0.717, 1.165) is 25.4 Å². The number of unbranched alkanes of at least 4 members (excludes halogenated alkanes) is 7. The van der Waals surface area contributed by atoms with E-state index in [2.05, 4.69) is 6.92 Å². The molecule has 0 radical (unpaired) electrons. The lowest BCUT2D eigenvalue weighted by atomic mass is 9.80. The SMILES string of the molecule is CCCCCCCCCC[C@H]1CC[C@H](CO[C@H]2CC[C@H](C(=O)Oc3cc(F)c(F)c(F)c3)CC2)CC1. The van der Waals surface area contributed by atoms with E-state index in [1.54, 1.807) is 0 Å². The third kappa shape index (κ3) is 9.72. The highest BCUT2D eigenvalue weighted by molar-refractivity contribution is 5.75. The number of carbonyl (C=O) groups is 1. The van der Waals surface area contributed by atoms with Gasteiger partial charge in [-0.1, -0.05) is 77.6 Å². The Morgan fingerprint density at radius 1 is 0.778 bits per heavy atom. The van der Waals surface area contributed by atoms with Crippen molar-refractivity contribution in [1.82, 2.24) is 0 Å². The lowest BCUT2D eigenvalue weighted by Gasteiger charge is -2.31. The van der Waals surface area contributed by atoms with Gasteiger partial charge in [-0.2, -0.15) is 0 Å². The van der Waals surface area contributed by atoms with Crippen LogP contribution in [0.1, 0.15) is 116 Å². The highest BCUT2D eigenvalue weighted by Gasteiger charge is 2.29. The van der Waals surface area contributed by atoms with Gasteiger partial charge < -0.3 is 9.47 Å². The van der Waals surface area contributed by atoms with Gasteiger partial charge in [0.05, 0.1) is 12.0 Å². The van der Waals surface area contributed by atoms with E-state index in [1.807, 2.05) is 0 Å². The fourth-order valence-electron chi connectivity index (χ4n) is 5.78. The molecule has 0 aliphatic heterocycles. The van der Waals surface area contributed by atoms with Crippen molar-refractivity contribution in [2.45, 2.75) is 122 Å². The summed E-state index contributed by atoms with van der Waals surface area (Å²) >= 11 is 0. The number of carbonyl (C=O) groups excluding carboxylic acids is 1. The summed E-state index contributed by atoms with van der Waals surface area (Å²) in [5, 5.41) is 0. The molecular weight excluding hydrogens is 465 g/mol. The van der Waals surface area contributed by atoms with Crippen LogP contribution in [0.5, 0.6) is 5.75 Å². The smallest absolute Gasteiger partial charge is 0.314 e. The minimum absolute atomic E-state index is 0.157. The van der Waals surface area contributed by atoms with Crippen LogP contribution in [-0.4, -0.2) is 18.7 Å². The van der Waals surface area contributed by atoms with Crippen LogP contribution in [0.4, 0.5) is 13.2 Å². The summed E-state index contributed by atoms with van der Waals surface area (Å²) in [5.41, 5.74) is 0. The number of halogens is 3. The molecule has 6 heteroatoms. The van der Waals surface area contributed by atoms with E-state index in [1.165, 1.54) is 83.5 Å². The minimum Gasteiger partial charge on any atom is -0.426 e. The number of hydrogen-bond donors (Lipinski definition) is 0. The van der Waals surface area contributed by atoms with Crippen LogP contribution < -0.4 is 4.74 Å². The molecule has 2 saturated carbocycles. The standard InChI is InChI=1S/C30H45F3O3/c1-2-3-4-5-6-7-8-9-10-22-11-13-23(14-12-22)21-35-25-17-15-24(16-18-25)30(34)36-26-19-27(31)29(33)28(32)20-26/h19-20,22-25H,2-18,21H2,1H3/t22-,23-,24-,25-. The van der Waals surface area contributed by atoms with Crippen LogP contribution in [0.3, 0.4) is 0 Å². The normalized spacial score (nSPS) is 24.6. The van der Waals surface area contributed by atoms with Crippen molar-refractivity contribution in [1.29, 1.82) is 0 Å². The lowest BCUT2D eigenvalue weighted by molar-refractivity contribution is -0.141. The van der Waals surface area contributed by atoms with Gasteiger partial charge in [0, 0.05) is 18.7 Å². The maximum atomic E-state index is 13.3. The maximum absolute atomic E-state index is 13.3. The molecule has 0 unspecified atom stereocenters. The average Bonchev–Trinajstić information content (AvgIpc) is 2.88. The van der Waals surface area contributed by atoms with Crippen LogP contribution in [0.2, 0.25) is 0 Å². The first-order valence-electron chi connectivity index (χ1n) is 14.4. The first-order chi connectivity index (χ1) is 17.5. The monoisotopic (exact) mass is 510 g/mol. The summed E-state index contributed by atoms with van der Waals surface area (Å²) in [7, 11) is 0. The Morgan fingerprint density at radius 2 is 1.33 bits per heavy atom. The van der Waals surface area contributed by atoms with Gasteiger partial charge in [-0.3, -0.25) is 4.79 Å². The Labute approximate surface area is 215 Å². The summed E-state index contributed by atoms with van der Waals surface area (Å²) in [6.45, 7) is 3.07. The summed E-state index contributed by atoms with van der Waals surface area (Å²) in [6.07, 6.45) is 20.6. The summed E-state index contributed by atoms with van der Waals surface area (Å²) < 4.78 is 51.1. The topological polar surface area (TPSA) is 35.5 Å². The van der Waals surface area contributed by atoms with E-state index in [4.69, 9.17) is 9.47 Å². The fourth-order valence-corrected chi connectivity index (χ4v) is 5.78. The molecule has 36 heavy (non-hydrogen) atoms. The van der Waals surface area contributed by atoms with Gasteiger partial charge in [0.1, 0.15) is 5.75 Å². The largest absolute Gasteiger partial charge is 0.426 e. The third-order valence-corrected chi connectivity index (χ3v) is 8.18. The molecule has 0 heterocycles. The molecular formula is C30H45F3O3. The van der Waals surface area contributed by atoms with E-state index >= 15 is 0 Å². The molecule has 0 aromatic heterocycles. The molecule has 2 aliphatic rings. The van der Waals surface area contributed by atoms with Gasteiger partial charge in [0.2, 0.25) is 0 Å². The fraction of sp³-hybridized carbons (Fsp3) is 0.767. The van der Waals surface area contributed by atoms with Crippen LogP contribution in [0.15, 0.2) is 12.1 Å². The number of benzene rings is 1. The number of ether oxygens (including phenoxy) is 2. The molecule has 0 spiro atoms. The molecule has 0 atom stereocenters. The van der Waals surface area contributed by atoms with Crippen molar-refractivity contribution in [3.05, 3.63) is 29.6 Å². The Bertz CT molecular complexity index is 761. The van der Waals surface area contributed by atoms with Gasteiger partial charge in [-0.15, -0.1) is 0 Å². The predicted octanol–water partition coefficient (Wildman–Crippen LogP) is 8.92. The highest BCUT2D eigenvalue weighted by Crippen LogP contribution is 2.34. The Balaban J connectivity index is 1.23. The second-order valence-electron chi connectivity index (χ2n) is 11.1. The van der Waals surface area contributed by atoms with Gasteiger partial charge >= 0.3 is 5.97 Å². The number of esters is 1. The minimum atomic E-state index is -1.57. The molecule has 3 nitrogen and oxygen atoms in total. The van der Waals surface area contributed by atoms with E-state index in [0.29, 0.717) is 30.9 Å². The van der Waals surface area contributed by atoms with Crippen LogP contribution >= 0.6 is 0 Å². The van der Waals surface area contributed by atoms with Gasteiger partial charge in [0.15, 0.2) is 17.5 Å². The molecule has 1 aromatic carbocycles. The average molecular weight is 511 g/mol. The summed E-state index contributed by atoms with van der Waals surface area (Å²) in [4.78, 5) is 12.4. The summed E-state index contributed by atoms with van der Waals surface area (Å²) in [6, 6.07) is 1.41. The molecule has 1 aromatic rings. The third-order valence-electron chi connectivity index (χ3n) is 8.18. The lowest BCUT2D eigenvalue weighted by Crippen LogP contribution is -2.30. The molecule has 2 aliphatic carbocycles. The van der Waals surface area contributed by atoms with Gasteiger partial charge in [-0.05, 0) is 50.4 Å². The van der Waals surface area contributed by atoms with Crippen molar-refractivity contribution in [2.75, 3.05) is 6.61 Å². The Hall–Kier alpha value is -1.56. The van der Waals surface area contributed by atoms with Gasteiger partial charge in [-0.25, -0.2) is 13.2 Å². The van der Waals surface area contributed by atoms with Crippen molar-refractivity contribution >= 4 is 5.97 Å². The Kier molecular flexibility index (Phi) is 12.6. The van der Waals surface area contributed by atoms with Crippen LogP contribution in [-0.2, 0) is 9.53 Å². The zero-order valence-corrected chi connectivity index (χ0v) is 22.1. The van der Waals surface area contributed by atoms with Crippen LogP contribution in [0, 0.1) is 35.2 Å². The quantitative estimate of drug-likeness (QED) is 0.108. The zero-order valence-electron chi connectivity index (χ0n) is 22.1. The van der Waals surface area contributed by atoms with Crippen LogP contribution in [0.25, 0.3) is 0 Å². The molecule has 0 N–H and O–H groups in total. The number of hydrogen-bond acceptors (Lipinski definition) is 3. The molecule has 3 rings (SSSR count). The second-order valence-corrected chi connectivity index (χ2v) is 11.1. The Morgan fingerprint density at radius 3 is 1.94 bits per heavy atom. The molecule has 2 fully saturated rings. The predicted molar refractivity (Wildman–Crippen MR) is 136 cm³/mol. The molecule has 204 valence electrons. The zero-order chi connectivity index (χ0) is 25.8. The van der Waals surface area contributed by atoms with E-state index in [9.17, 15) is 18.0 Å². The number of rotatable bonds is 14. The first-order valence-corrected chi connectivity index (χ1v) is 14.4. The van der Waals surface area contributed by atoms with Gasteiger partial charge in [0.25, 0.3) is 0 Å². The van der Waals surface area contributed by atoms with Crippen molar-refractivity contribution in [2.24, 2.45) is 17.8 Å². The summed E-state index contributed by atoms with van der Waals surface area (Å²) in [5.74, 6) is -3.90. The molecule has 0 saturated heterocycles. The second kappa shape index (κ2) is 15.6. The first kappa shape index (κ1) is 29.0. The maximum Gasteiger partial charge on any atom is 0.314 e. The van der Waals surface area contributed by atoms with E-state index in [-0.39, 0.29) is 17.8 Å². The van der Waals surface area contributed by atoms with Crippen molar-refractivity contribution in [3.63, 3.8) is 0 Å². The molecule has 0 bridgehead atoms. The molecule has 0 amide bonds. The van der Waals surface area contributed by atoms with E-state index < -0.39 is 23.4 Å². The van der Waals surface area contributed by atoms with Crippen molar-refractivity contribution < 1.29 is 27.4 Å². The highest BCUT2D eigenvalue weighted by atomic mass is 19.2.